The molecule has 2 unspecified atom stereocenters. The first-order chi connectivity index (χ1) is 9.11. The molecule has 2 aromatic rings. The molecule has 2 atom stereocenters. The van der Waals surface area contributed by atoms with Gasteiger partial charge in [0.2, 0.25) is 0 Å². The summed E-state index contributed by atoms with van der Waals surface area (Å²) >= 11 is 11.1. The van der Waals surface area contributed by atoms with Gasteiger partial charge in [0.05, 0.1) is 5.25 Å². The molecule has 19 heavy (non-hydrogen) atoms. The highest BCUT2D eigenvalue weighted by molar-refractivity contribution is 8.03. The third kappa shape index (κ3) is 3.86. The van der Waals surface area contributed by atoms with Crippen molar-refractivity contribution in [2.24, 2.45) is 5.73 Å². The Labute approximate surface area is 130 Å². The number of hydrogen-bond acceptors (Lipinski definition) is 6. The highest BCUT2D eigenvalue weighted by Crippen LogP contribution is 2.41. The minimum Gasteiger partial charge on any atom is -0.327 e. The number of thioether (sulfide) groups is 2. The molecule has 0 fully saturated rings. The first-order valence-corrected chi connectivity index (χ1v) is 8.96. The Balaban J connectivity index is 2.24. The van der Waals surface area contributed by atoms with Gasteiger partial charge in [-0.05, 0) is 24.8 Å². The van der Waals surface area contributed by atoms with Crippen LogP contribution in [0.25, 0.3) is 0 Å². The van der Waals surface area contributed by atoms with Crippen molar-refractivity contribution in [1.29, 1.82) is 0 Å². The van der Waals surface area contributed by atoms with Crippen LogP contribution in [0.2, 0.25) is 5.02 Å². The van der Waals surface area contributed by atoms with Gasteiger partial charge in [0, 0.05) is 11.1 Å². The maximum Gasteiger partial charge on any atom is 0.175 e. The van der Waals surface area contributed by atoms with Gasteiger partial charge in [0.15, 0.2) is 8.68 Å². The summed E-state index contributed by atoms with van der Waals surface area (Å²) in [5.74, 6) is 0. The van der Waals surface area contributed by atoms with Gasteiger partial charge in [0.1, 0.15) is 0 Å². The zero-order valence-corrected chi connectivity index (χ0v) is 13.7. The minimum atomic E-state index is -0.0217. The van der Waals surface area contributed by atoms with Crippen LogP contribution in [-0.2, 0) is 0 Å². The molecular weight excluding hydrogens is 318 g/mol. The molecule has 2 N–H and O–H groups in total. The quantitative estimate of drug-likeness (QED) is 0.836. The predicted molar refractivity (Wildman–Crippen MR) is 85.4 cm³/mol. The summed E-state index contributed by atoms with van der Waals surface area (Å²) in [6.07, 6.45) is 1.99. The second kappa shape index (κ2) is 6.95. The molecule has 0 radical (unpaired) electrons. The molecule has 1 aromatic carbocycles. The summed E-state index contributed by atoms with van der Waals surface area (Å²) in [5.41, 5.74) is 7.14. The molecule has 0 amide bonds. The zero-order chi connectivity index (χ0) is 13.8. The van der Waals surface area contributed by atoms with Crippen LogP contribution < -0.4 is 5.73 Å². The van der Waals surface area contributed by atoms with Crippen molar-refractivity contribution in [2.45, 2.75) is 26.9 Å². The van der Waals surface area contributed by atoms with Gasteiger partial charge in [-0.15, -0.1) is 10.2 Å². The summed E-state index contributed by atoms with van der Waals surface area (Å²) in [6.45, 7) is 1.98. The Morgan fingerprint density at radius 3 is 2.53 bits per heavy atom. The lowest BCUT2D eigenvalue weighted by atomic mass is 10.1. The van der Waals surface area contributed by atoms with Gasteiger partial charge < -0.3 is 5.73 Å². The minimum absolute atomic E-state index is 0.0217. The van der Waals surface area contributed by atoms with E-state index in [1.54, 1.807) is 34.9 Å². The monoisotopic (exact) mass is 331 g/mol. The average Bonchev–Trinajstić information content (AvgIpc) is 2.84. The van der Waals surface area contributed by atoms with Gasteiger partial charge in [-0.1, -0.05) is 64.7 Å². The van der Waals surface area contributed by atoms with Crippen molar-refractivity contribution in [1.82, 2.24) is 10.2 Å². The maximum absolute atomic E-state index is 6.26. The smallest absolute Gasteiger partial charge is 0.175 e. The molecule has 1 heterocycles. The largest absolute Gasteiger partial charge is 0.327 e. The lowest BCUT2D eigenvalue weighted by Crippen LogP contribution is -2.22. The number of nitrogens with two attached hydrogens (primary N) is 1. The molecule has 2 rings (SSSR count). The molecule has 1 aromatic heterocycles. The van der Waals surface area contributed by atoms with Gasteiger partial charge in [-0.3, -0.25) is 0 Å². The van der Waals surface area contributed by atoms with Gasteiger partial charge in [-0.25, -0.2) is 0 Å². The lowest BCUT2D eigenvalue weighted by Gasteiger charge is -2.20. The molecule has 3 nitrogen and oxygen atoms in total. The molecule has 0 aliphatic heterocycles. The SMILES string of the molecule is CSc1nnc(SC(c2ccccc2Cl)C(C)N)s1. The van der Waals surface area contributed by atoms with E-state index in [-0.39, 0.29) is 11.3 Å². The van der Waals surface area contributed by atoms with E-state index in [1.807, 2.05) is 37.4 Å². The van der Waals surface area contributed by atoms with Crippen molar-refractivity contribution in [2.75, 3.05) is 6.26 Å². The Bertz CT molecular complexity index is 545. The third-order valence-electron chi connectivity index (χ3n) is 2.48. The van der Waals surface area contributed by atoms with Gasteiger partial charge in [-0.2, -0.15) is 0 Å². The number of aromatic nitrogens is 2. The molecule has 0 spiro atoms. The van der Waals surface area contributed by atoms with Crippen LogP contribution in [0.4, 0.5) is 0 Å². The fraction of sp³-hybridized carbons (Fsp3) is 0.333. The second-order valence-electron chi connectivity index (χ2n) is 3.96. The fourth-order valence-electron chi connectivity index (χ4n) is 1.60. The summed E-state index contributed by atoms with van der Waals surface area (Å²) in [7, 11) is 0. The molecule has 102 valence electrons. The lowest BCUT2D eigenvalue weighted by molar-refractivity contribution is 0.720. The number of benzene rings is 1. The predicted octanol–water partition coefficient (Wildman–Crippen LogP) is 4.09. The van der Waals surface area contributed by atoms with E-state index < -0.39 is 0 Å². The fourth-order valence-corrected chi connectivity index (χ4v) is 4.67. The van der Waals surface area contributed by atoms with E-state index in [9.17, 15) is 0 Å². The van der Waals surface area contributed by atoms with E-state index in [0.29, 0.717) is 0 Å². The topological polar surface area (TPSA) is 51.8 Å². The number of rotatable bonds is 5. The first kappa shape index (κ1) is 15.1. The van der Waals surface area contributed by atoms with E-state index in [1.165, 1.54) is 0 Å². The summed E-state index contributed by atoms with van der Waals surface area (Å²) in [5, 5.41) is 9.10. The van der Waals surface area contributed by atoms with Crippen molar-refractivity contribution in [3.63, 3.8) is 0 Å². The van der Waals surface area contributed by atoms with E-state index in [0.717, 1.165) is 19.3 Å². The van der Waals surface area contributed by atoms with E-state index in [4.69, 9.17) is 17.3 Å². The molecule has 0 bridgehead atoms. The molecule has 0 aliphatic carbocycles. The third-order valence-corrected chi connectivity index (χ3v) is 6.28. The van der Waals surface area contributed by atoms with Crippen LogP contribution in [0, 0.1) is 0 Å². The van der Waals surface area contributed by atoms with Crippen molar-refractivity contribution >= 4 is 46.5 Å². The average molecular weight is 332 g/mol. The van der Waals surface area contributed by atoms with Crippen LogP contribution in [0.1, 0.15) is 17.7 Å². The van der Waals surface area contributed by atoms with Gasteiger partial charge in [0.25, 0.3) is 0 Å². The van der Waals surface area contributed by atoms with Crippen LogP contribution >= 0.6 is 46.5 Å². The van der Waals surface area contributed by atoms with Crippen molar-refractivity contribution in [3.05, 3.63) is 34.9 Å². The van der Waals surface area contributed by atoms with E-state index in [2.05, 4.69) is 10.2 Å². The Kier molecular flexibility index (Phi) is 5.53. The first-order valence-electron chi connectivity index (χ1n) is 5.66. The van der Waals surface area contributed by atoms with Gasteiger partial charge >= 0.3 is 0 Å². The summed E-state index contributed by atoms with van der Waals surface area (Å²) in [4.78, 5) is 0. The van der Waals surface area contributed by atoms with Crippen LogP contribution in [-0.4, -0.2) is 22.5 Å². The molecule has 0 saturated carbocycles. The standard InChI is InChI=1S/C12H14ClN3S3/c1-7(14)10(8-5-3-4-6-9(8)13)18-12-16-15-11(17-2)19-12/h3-7,10H,14H2,1-2H3. The van der Waals surface area contributed by atoms with Crippen molar-refractivity contribution < 1.29 is 0 Å². The van der Waals surface area contributed by atoms with E-state index >= 15 is 0 Å². The van der Waals surface area contributed by atoms with Crippen LogP contribution in [0.3, 0.4) is 0 Å². The molecular formula is C12H14ClN3S3. The number of halogens is 1. The summed E-state index contributed by atoms with van der Waals surface area (Å²) in [6, 6.07) is 7.78. The van der Waals surface area contributed by atoms with Crippen LogP contribution in [0.5, 0.6) is 0 Å². The Morgan fingerprint density at radius 2 is 1.95 bits per heavy atom. The second-order valence-corrected chi connectivity index (χ2v) is 7.78. The zero-order valence-electron chi connectivity index (χ0n) is 10.5. The van der Waals surface area contributed by atoms with Crippen molar-refractivity contribution in [3.8, 4) is 0 Å². The molecule has 0 aliphatic rings. The van der Waals surface area contributed by atoms with Crippen LogP contribution in [0.15, 0.2) is 32.9 Å². The molecule has 0 saturated heterocycles. The number of nitrogens with zero attached hydrogens (tertiary/aromatic N) is 2. The number of hydrogen-bond donors (Lipinski definition) is 1. The summed E-state index contributed by atoms with van der Waals surface area (Å²) < 4.78 is 1.89. The normalized spacial score (nSPS) is 14.3. The Hall–Kier alpha value is -0.270. The molecule has 7 heteroatoms. The maximum atomic E-state index is 6.26. The Morgan fingerprint density at radius 1 is 1.26 bits per heavy atom. The highest BCUT2D eigenvalue weighted by atomic mass is 35.5. The highest BCUT2D eigenvalue weighted by Gasteiger charge is 2.22.